The molecule has 0 radical (unpaired) electrons. The molecular formula is C19H29NO. The van der Waals surface area contributed by atoms with Crippen LogP contribution in [0.4, 0.5) is 0 Å². The standard InChI is InChI=1S/C19H29NO/c1-19(2,3)15-10-8-14(9-11-15)16-6-4-5-7-17(16)18(21)12-13-20/h4-7,14-15H,8-13,20H2,1-3H3. The molecule has 2 rings (SSSR count). The van der Waals surface area contributed by atoms with Crippen molar-refractivity contribution < 1.29 is 4.79 Å². The van der Waals surface area contributed by atoms with E-state index in [4.69, 9.17) is 5.73 Å². The minimum absolute atomic E-state index is 0.200. The van der Waals surface area contributed by atoms with Crippen LogP contribution in [0.2, 0.25) is 0 Å². The van der Waals surface area contributed by atoms with E-state index in [9.17, 15) is 4.79 Å². The molecule has 0 saturated heterocycles. The van der Waals surface area contributed by atoms with Crippen molar-refractivity contribution in [3.63, 3.8) is 0 Å². The molecule has 2 nitrogen and oxygen atoms in total. The third kappa shape index (κ3) is 3.94. The highest BCUT2D eigenvalue weighted by Crippen LogP contribution is 2.43. The van der Waals surface area contributed by atoms with Crippen LogP contribution < -0.4 is 5.73 Å². The summed E-state index contributed by atoms with van der Waals surface area (Å²) in [6.45, 7) is 7.47. The Morgan fingerprint density at radius 1 is 1.14 bits per heavy atom. The maximum absolute atomic E-state index is 12.3. The molecule has 0 spiro atoms. The van der Waals surface area contributed by atoms with Crippen LogP contribution in [0.1, 0.15) is 74.7 Å². The van der Waals surface area contributed by atoms with Crippen LogP contribution in [-0.4, -0.2) is 12.3 Å². The fraction of sp³-hybridized carbons (Fsp3) is 0.632. The number of carbonyl (C=O) groups is 1. The number of rotatable bonds is 4. The van der Waals surface area contributed by atoms with E-state index in [-0.39, 0.29) is 5.78 Å². The Morgan fingerprint density at radius 2 is 1.76 bits per heavy atom. The monoisotopic (exact) mass is 287 g/mol. The normalized spacial score (nSPS) is 23.0. The van der Waals surface area contributed by atoms with Gasteiger partial charge < -0.3 is 5.73 Å². The van der Waals surface area contributed by atoms with E-state index in [2.05, 4.69) is 32.9 Å². The smallest absolute Gasteiger partial charge is 0.164 e. The molecule has 0 amide bonds. The lowest BCUT2D eigenvalue weighted by molar-refractivity contribution is 0.0982. The molecule has 0 aliphatic heterocycles. The van der Waals surface area contributed by atoms with Gasteiger partial charge in [0.15, 0.2) is 5.78 Å². The van der Waals surface area contributed by atoms with Gasteiger partial charge >= 0.3 is 0 Å². The maximum Gasteiger partial charge on any atom is 0.164 e. The summed E-state index contributed by atoms with van der Waals surface area (Å²) < 4.78 is 0. The zero-order valence-electron chi connectivity index (χ0n) is 13.7. The molecule has 1 aliphatic carbocycles. The predicted octanol–water partition coefficient (Wildman–Crippen LogP) is 4.54. The second-order valence-electron chi connectivity index (χ2n) is 7.46. The fourth-order valence-electron chi connectivity index (χ4n) is 3.64. The summed E-state index contributed by atoms with van der Waals surface area (Å²) in [7, 11) is 0. The molecule has 0 heterocycles. The van der Waals surface area contributed by atoms with E-state index in [1.165, 1.54) is 31.2 Å². The van der Waals surface area contributed by atoms with Gasteiger partial charge in [-0.3, -0.25) is 4.79 Å². The summed E-state index contributed by atoms with van der Waals surface area (Å²) in [5.74, 6) is 1.55. The minimum atomic E-state index is 0.200. The zero-order valence-corrected chi connectivity index (χ0v) is 13.7. The molecule has 116 valence electrons. The molecule has 0 unspecified atom stereocenters. The summed E-state index contributed by atoms with van der Waals surface area (Å²) in [6, 6.07) is 8.15. The van der Waals surface area contributed by atoms with Gasteiger partial charge in [0, 0.05) is 12.0 Å². The van der Waals surface area contributed by atoms with Crippen molar-refractivity contribution in [2.75, 3.05) is 6.54 Å². The third-order valence-electron chi connectivity index (χ3n) is 5.02. The third-order valence-corrected chi connectivity index (χ3v) is 5.02. The van der Waals surface area contributed by atoms with E-state index in [0.717, 1.165) is 11.5 Å². The Hall–Kier alpha value is -1.15. The number of hydrogen-bond donors (Lipinski definition) is 1. The van der Waals surface area contributed by atoms with Crippen molar-refractivity contribution in [1.82, 2.24) is 0 Å². The molecule has 1 aliphatic rings. The lowest BCUT2D eigenvalue weighted by atomic mass is 9.68. The highest BCUT2D eigenvalue weighted by Gasteiger charge is 2.31. The Bertz CT molecular complexity index is 479. The van der Waals surface area contributed by atoms with Gasteiger partial charge in [-0.1, -0.05) is 45.0 Å². The van der Waals surface area contributed by atoms with E-state index >= 15 is 0 Å². The molecule has 21 heavy (non-hydrogen) atoms. The number of Topliss-reactive ketones (excluding diaryl/α,β-unsaturated/α-hetero) is 1. The van der Waals surface area contributed by atoms with Gasteiger partial charge in [0.25, 0.3) is 0 Å². The highest BCUT2D eigenvalue weighted by atomic mass is 16.1. The van der Waals surface area contributed by atoms with Crippen LogP contribution in [0.15, 0.2) is 24.3 Å². The topological polar surface area (TPSA) is 43.1 Å². The molecular weight excluding hydrogens is 258 g/mol. The largest absolute Gasteiger partial charge is 0.330 e. The Labute approximate surface area is 129 Å². The van der Waals surface area contributed by atoms with Gasteiger partial charge in [0.1, 0.15) is 0 Å². The summed E-state index contributed by atoms with van der Waals surface area (Å²) in [4.78, 5) is 12.3. The number of ketones is 1. The minimum Gasteiger partial charge on any atom is -0.330 e. The molecule has 0 aromatic heterocycles. The maximum atomic E-state index is 12.3. The van der Waals surface area contributed by atoms with Crippen molar-refractivity contribution in [3.8, 4) is 0 Å². The molecule has 1 fully saturated rings. The molecule has 1 aromatic carbocycles. The van der Waals surface area contributed by atoms with Gasteiger partial charge in [-0.05, 0) is 55.0 Å². The molecule has 2 heteroatoms. The molecule has 2 N–H and O–H groups in total. The average molecular weight is 287 g/mol. The lowest BCUT2D eigenvalue weighted by Gasteiger charge is -2.37. The lowest BCUT2D eigenvalue weighted by Crippen LogP contribution is -2.25. The van der Waals surface area contributed by atoms with Crippen molar-refractivity contribution in [2.24, 2.45) is 17.1 Å². The van der Waals surface area contributed by atoms with E-state index < -0.39 is 0 Å². The van der Waals surface area contributed by atoms with Crippen LogP contribution in [0.5, 0.6) is 0 Å². The van der Waals surface area contributed by atoms with Gasteiger partial charge in [-0.25, -0.2) is 0 Å². The van der Waals surface area contributed by atoms with Crippen molar-refractivity contribution in [3.05, 3.63) is 35.4 Å². The zero-order chi connectivity index (χ0) is 15.5. The number of hydrogen-bond acceptors (Lipinski definition) is 2. The van der Waals surface area contributed by atoms with Crippen molar-refractivity contribution >= 4 is 5.78 Å². The first-order chi connectivity index (χ1) is 9.93. The Morgan fingerprint density at radius 3 is 2.33 bits per heavy atom. The van der Waals surface area contributed by atoms with Gasteiger partial charge in [0.05, 0.1) is 0 Å². The quantitative estimate of drug-likeness (QED) is 0.826. The van der Waals surface area contributed by atoms with E-state index in [1.807, 2.05) is 12.1 Å². The number of nitrogens with two attached hydrogens (primary N) is 1. The Balaban J connectivity index is 2.12. The van der Waals surface area contributed by atoms with Crippen LogP contribution >= 0.6 is 0 Å². The average Bonchev–Trinajstić information content (AvgIpc) is 2.47. The SMILES string of the molecule is CC(C)(C)C1CCC(c2ccccc2C(=O)CCN)CC1. The van der Waals surface area contributed by atoms with Gasteiger partial charge in [-0.2, -0.15) is 0 Å². The van der Waals surface area contributed by atoms with E-state index in [0.29, 0.717) is 24.3 Å². The predicted molar refractivity (Wildman–Crippen MR) is 88.6 cm³/mol. The molecule has 0 atom stereocenters. The van der Waals surface area contributed by atoms with Crippen molar-refractivity contribution in [2.45, 2.75) is 58.8 Å². The first kappa shape index (κ1) is 16.2. The van der Waals surface area contributed by atoms with Crippen LogP contribution in [0, 0.1) is 11.3 Å². The molecule has 1 saturated carbocycles. The molecule has 1 aromatic rings. The second-order valence-corrected chi connectivity index (χ2v) is 7.46. The second kappa shape index (κ2) is 6.74. The van der Waals surface area contributed by atoms with Crippen LogP contribution in [0.3, 0.4) is 0 Å². The number of benzene rings is 1. The molecule has 0 bridgehead atoms. The van der Waals surface area contributed by atoms with Crippen LogP contribution in [-0.2, 0) is 0 Å². The highest BCUT2D eigenvalue weighted by molar-refractivity contribution is 5.97. The van der Waals surface area contributed by atoms with Gasteiger partial charge in [-0.15, -0.1) is 0 Å². The van der Waals surface area contributed by atoms with Crippen molar-refractivity contribution in [1.29, 1.82) is 0 Å². The summed E-state index contributed by atoms with van der Waals surface area (Å²) in [6.07, 6.45) is 5.40. The summed E-state index contributed by atoms with van der Waals surface area (Å²) >= 11 is 0. The number of carbonyl (C=O) groups excluding carboxylic acids is 1. The van der Waals surface area contributed by atoms with E-state index in [1.54, 1.807) is 0 Å². The van der Waals surface area contributed by atoms with Gasteiger partial charge in [0.2, 0.25) is 0 Å². The summed E-state index contributed by atoms with van der Waals surface area (Å²) in [5, 5.41) is 0. The Kier molecular flexibility index (Phi) is 5.21. The first-order valence-corrected chi connectivity index (χ1v) is 8.25. The fourth-order valence-corrected chi connectivity index (χ4v) is 3.64. The van der Waals surface area contributed by atoms with Crippen LogP contribution in [0.25, 0.3) is 0 Å². The summed E-state index contributed by atoms with van der Waals surface area (Å²) in [5.41, 5.74) is 8.10. The first-order valence-electron chi connectivity index (χ1n) is 8.25.